The van der Waals surface area contributed by atoms with Crippen LogP contribution in [0.15, 0.2) is 45.1 Å². The molecule has 0 saturated heterocycles. The molecule has 2 atom stereocenters. The zero-order chi connectivity index (χ0) is 10.3. The Kier molecular flexibility index (Phi) is 2.78. The van der Waals surface area contributed by atoms with E-state index >= 15 is 0 Å². The van der Waals surface area contributed by atoms with Crippen molar-refractivity contribution in [2.24, 2.45) is 0 Å². The molecule has 0 spiro atoms. The van der Waals surface area contributed by atoms with Crippen molar-refractivity contribution < 1.29 is 0 Å². The van der Waals surface area contributed by atoms with E-state index in [-0.39, 0.29) is 0 Å². The van der Waals surface area contributed by atoms with Crippen LogP contribution in [0.1, 0.15) is 26.7 Å². The van der Waals surface area contributed by atoms with Crippen LogP contribution in [0.25, 0.3) is 0 Å². The van der Waals surface area contributed by atoms with E-state index < -0.39 is 0 Å². The molecule has 0 aromatic heterocycles. The first-order chi connectivity index (χ1) is 6.58. The van der Waals surface area contributed by atoms with E-state index in [2.05, 4.69) is 44.5 Å². The molecular weight excluding hydrogens is 206 g/mol. The van der Waals surface area contributed by atoms with E-state index in [0.29, 0.717) is 0 Å². The van der Waals surface area contributed by atoms with Crippen molar-refractivity contribution in [3.05, 3.63) is 45.1 Å². The molecule has 2 rings (SSSR count). The molecule has 0 amide bonds. The molecule has 0 fully saturated rings. The Morgan fingerprint density at radius 1 is 0.857 bits per heavy atom. The summed E-state index contributed by atoms with van der Waals surface area (Å²) >= 11 is 0. The van der Waals surface area contributed by atoms with E-state index in [1.165, 1.54) is 32.9 Å². The van der Waals surface area contributed by atoms with Crippen LogP contribution < -0.4 is 0 Å². The predicted octanol–water partition coefficient (Wildman–Crippen LogP) is 3.94. The van der Waals surface area contributed by atoms with Gasteiger partial charge in [-0.3, -0.25) is 0 Å². The molecule has 0 saturated carbocycles. The fraction of sp³-hybridized carbons (Fsp3) is 0.333. The Morgan fingerprint density at radius 3 is 1.43 bits per heavy atom. The van der Waals surface area contributed by atoms with Crippen LogP contribution in [0.5, 0.6) is 0 Å². The Balaban J connectivity index is 2.41. The Bertz CT molecular complexity index is 366. The lowest BCUT2D eigenvalue weighted by atomic mass is 10.1. The molecular formula is C12H16P2. The van der Waals surface area contributed by atoms with Crippen molar-refractivity contribution in [2.75, 3.05) is 0 Å². The molecule has 0 aliphatic heterocycles. The van der Waals surface area contributed by atoms with Crippen LogP contribution in [0.2, 0.25) is 0 Å². The summed E-state index contributed by atoms with van der Waals surface area (Å²) < 4.78 is 0. The normalized spacial score (nSPS) is 22.0. The largest absolute Gasteiger partial charge is 0.109 e. The molecule has 0 bridgehead atoms. The molecule has 0 nitrogen and oxygen atoms in total. The quantitative estimate of drug-likeness (QED) is 0.589. The fourth-order valence-corrected chi connectivity index (χ4v) is 3.19. The van der Waals surface area contributed by atoms with Crippen molar-refractivity contribution in [1.29, 1.82) is 0 Å². The lowest BCUT2D eigenvalue weighted by Crippen LogP contribution is -1.81. The molecule has 0 N–H and O–H groups in total. The van der Waals surface area contributed by atoms with Crippen molar-refractivity contribution in [1.82, 2.24) is 0 Å². The van der Waals surface area contributed by atoms with Gasteiger partial charge in [0.25, 0.3) is 0 Å². The van der Waals surface area contributed by atoms with Gasteiger partial charge in [-0.05, 0) is 48.5 Å². The van der Waals surface area contributed by atoms with E-state index in [4.69, 9.17) is 0 Å². The summed E-state index contributed by atoms with van der Waals surface area (Å²) in [6.45, 7) is 4.40. The van der Waals surface area contributed by atoms with Crippen LogP contribution in [-0.2, 0) is 0 Å². The fourth-order valence-electron chi connectivity index (χ4n) is 2.07. The summed E-state index contributed by atoms with van der Waals surface area (Å²) in [7, 11) is 5.75. The maximum absolute atomic E-state index is 2.87. The first-order valence-corrected chi connectivity index (χ1v) is 6.05. The van der Waals surface area contributed by atoms with Crippen LogP contribution in [0, 0.1) is 0 Å². The summed E-state index contributed by atoms with van der Waals surface area (Å²) in [5.74, 6) is 0. The maximum atomic E-state index is 2.87. The van der Waals surface area contributed by atoms with Crippen molar-refractivity contribution in [3.63, 3.8) is 0 Å². The molecule has 0 aromatic rings. The Hall–Kier alpha value is -0.180. The first-order valence-electron chi connectivity index (χ1n) is 4.90. The molecule has 0 heterocycles. The lowest BCUT2D eigenvalue weighted by Gasteiger charge is -2.03. The summed E-state index contributed by atoms with van der Waals surface area (Å²) in [6, 6.07) is 0. The van der Waals surface area contributed by atoms with E-state index in [9.17, 15) is 0 Å². The molecule has 2 unspecified atom stereocenters. The minimum atomic E-state index is 1.12. The smallest absolute Gasteiger partial charge is 0.00612 e. The minimum Gasteiger partial charge on any atom is -0.109 e. The van der Waals surface area contributed by atoms with Crippen LogP contribution >= 0.6 is 18.5 Å². The number of hydrogen-bond acceptors (Lipinski definition) is 0. The highest BCUT2D eigenvalue weighted by Gasteiger charge is 2.17. The summed E-state index contributed by atoms with van der Waals surface area (Å²) in [5.41, 5.74) is 5.78. The van der Waals surface area contributed by atoms with Gasteiger partial charge in [0.05, 0.1) is 0 Å². The zero-order valence-electron chi connectivity index (χ0n) is 8.72. The second-order valence-corrected chi connectivity index (χ2v) is 5.61. The standard InChI is InChI=1S/C12H16P2/c1-7-3-9(11(13)5-7)10-4-8(2)6-12(10)14/h3-4H,5-6,13-14H2,1-2H3. The van der Waals surface area contributed by atoms with E-state index in [0.717, 1.165) is 12.8 Å². The van der Waals surface area contributed by atoms with Crippen molar-refractivity contribution in [3.8, 4) is 0 Å². The molecule has 74 valence electrons. The number of allylic oxidation sites excluding steroid dienone is 8. The SMILES string of the molecule is CC1=CC(C2=C(P)CC(C)=C2)=C(P)C1. The summed E-state index contributed by atoms with van der Waals surface area (Å²) in [5, 5.41) is 2.87. The molecule has 0 aromatic carbocycles. The highest BCUT2D eigenvalue weighted by molar-refractivity contribution is 7.23. The zero-order valence-corrected chi connectivity index (χ0v) is 11.0. The number of hydrogen-bond donors (Lipinski definition) is 0. The van der Waals surface area contributed by atoms with Gasteiger partial charge in [0, 0.05) is 0 Å². The highest BCUT2D eigenvalue weighted by atomic mass is 31.0. The van der Waals surface area contributed by atoms with Gasteiger partial charge in [-0.15, -0.1) is 18.5 Å². The third-order valence-electron chi connectivity index (χ3n) is 2.70. The van der Waals surface area contributed by atoms with Crippen LogP contribution in [-0.4, -0.2) is 0 Å². The van der Waals surface area contributed by atoms with Gasteiger partial charge in [0.2, 0.25) is 0 Å². The third-order valence-corrected chi connectivity index (χ3v) is 3.73. The van der Waals surface area contributed by atoms with Gasteiger partial charge in [-0.1, -0.05) is 23.3 Å². The molecule has 0 radical (unpaired) electrons. The maximum Gasteiger partial charge on any atom is -0.00612 e. The topological polar surface area (TPSA) is 0 Å². The van der Waals surface area contributed by atoms with Gasteiger partial charge in [0.1, 0.15) is 0 Å². The summed E-state index contributed by atoms with van der Waals surface area (Å²) in [6.07, 6.45) is 6.87. The second-order valence-electron chi connectivity index (χ2n) is 4.21. The van der Waals surface area contributed by atoms with Gasteiger partial charge in [-0.25, -0.2) is 0 Å². The average Bonchev–Trinajstić information content (AvgIpc) is 2.55. The Labute approximate surface area is 90.6 Å². The van der Waals surface area contributed by atoms with Crippen LogP contribution in [0.3, 0.4) is 0 Å². The van der Waals surface area contributed by atoms with E-state index in [1.807, 2.05) is 0 Å². The van der Waals surface area contributed by atoms with Crippen molar-refractivity contribution in [2.45, 2.75) is 26.7 Å². The van der Waals surface area contributed by atoms with E-state index in [1.54, 1.807) is 0 Å². The highest BCUT2D eigenvalue weighted by Crippen LogP contribution is 2.41. The Morgan fingerprint density at radius 2 is 1.21 bits per heavy atom. The molecule has 2 aliphatic rings. The van der Waals surface area contributed by atoms with Gasteiger partial charge in [-0.2, -0.15) is 0 Å². The number of rotatable bonds is 1. The molecule has 2 heteroatoms. The van der Waals surface area contributed by atoms with Gasteiger partial charge >= 0.3 is 0 Å². The van der Waals surface area contributed by atoms with Gasteiger partial charge in [0.15, 0.2) is 0 Å². The van der Waals surface area contributed by atoms with Gasteiger partial charge < -0.3 is 0 Å². The average molecular weight is 222 g/mol. The lowest BCUT2D eigenvalue weighted by molar-refractivity contribution is 1.23. The monoisotopic (exact) mass is 222 g/mol. The minimum absolute atomic E-state index is 1.12. The van der Waals surface area contributed by atoms with Crippen molar-refractivity contribution >= 4 is 18.5 Å². The van der Waals surface area contributed by atoms with Crippen LogP contribution in [0.4, 0.5) is 0 Å². The molecule has 2 aliphatic carbocycles. The second kappa shape index (κ2) is 3.76. The predicted molar refractivity (Wildman–Crippen MR) is 70.2 cm³/mol. The molecule has 14 heavy (non-hydrogen) atoms. The summed E-state index contributed by atoms with van der Waals surface area (Å²) in [4.78, 5) is 0. The first kappa shape index (κ1) is 10.3. The third kappa shape index (κ3) is 1.79.